The number of halogens is 6. The predicted molar refractivity (Wildman–Crippen MR) is 147 cm³/mol. The Bertz CT molecular complexity index is 1440. The molecular weight excluding hydrogens is 589 g/mol. The average molecular weight is 614 g/mol. The lowest BCUT2D eigenvalue weighted by Crippen LogP contribution is -2.34. The van der Waals surface area contributed by atoms with Crippen molar-refractivity contribution in [3.8, 4) is 16.9 Å². The van der Waals surface area contributed by atoms with Crippen molar-refractivity contribution in [3.63, 3.8) is 0 Å². The van der Waals surface area contributed by atoms with Crippen LogP contribution in [-0.2, 0) is 4.79 Å². The number of benzene rings is 2. The number of alkyl halides is 3. The maximum atomic E-state index is 14.4. The van der Waals surface area contributed by atoms with Crippen LogP contribution >= 0.6 is 23.2 Å². The molecule has 0 aliphatic heterocycles. The van der Waals surface area contributed by atoms with E-state index in [1.807, 2.05) is 13.8 Å². The van der Waals surface area contributed by atoms with Crippen molar-refractivity contribution in [2.45, 2.75) is 26.4 Å². The highest BCUT2D eigenvalue weighted by Gasteiger charge is 2.31. The van der Waals surface area contributed by atoms with Gasteiger partial charge in [-0.25, -0.2) is 9.37 Å². The average Bonchev–Trinajstić information content (AvgIpc) is 2.89. The van der Waals surface area contributed by atoms with Gasteiger partial charge in [-0.2, -0.15) is 13.2 Å². The molecule has 0 aliphatic carbocycles. The first-order valence-corrected chi connectivity index (χ1v) is 12.8. The number of hydrogen-bond donors (Lipinski definition) is 1. The van der Waals surface area contributed by atoms with E-state index in [4.69, 9.17) is 27.9 Å². The fourth-order valence-corrected chi connectivity index (χ4v) is 4.15. The first-order chi connectivity index (χ1) is 19.1. The number of ether oxygens (including phenoxy) is 1. The standard InChI is InChI=1S/C28H25Cl2F4N3O4/c1-27(2,9-10-38)14-36-25(39)16-7-8-19(29)18(11-16)17-12-22(41-15-28(32,33)34)24(35-13-17)37(3)26(40)23-20(30)5-4-6-21(23)31/h4-8,10-13H,9,14-15H2,1-3H3,(H,36,39). The minimum atomic E-state index is -4.72. The summed E-state index contributed by atoms with van der Waals surface area (Å²) in [5.41, 5.74) is -0.366. The highest BCUT2D eigenvalue weighted by molar-refractivity contribution is 6.34. The number of anilines is 1. The van der Waals surface area contributed by atoms with Crippen molar-refractivity contribution in [2.75, 3.05) is 25.1 Å². The second-order valence-electron chi connectivity index (χ2n) is 9.82. The van der Waals surface area contributed by atoms with Gasteiger partial charge >= 0.3 is 6.18 Å². The number of carbonyl (C=O) groups is 3. The summed E-state index contributed by atoms with van der Waals surface area (Å²) in [5, 5.41) is 2.69. The highest BCUT2D eigenvalue weighted by Crippen LogP contribution is 2.36. The van der Waals surface area contributed by atoms with E-state index in [2.05, 4.69) is 10.3 Å². The molecule has 0 radical (unpaired) electrons. The largest absolute Gasteiger partial charge is 0.480 e. The molecule has 3 aromatic rings. The number of amides is 2. The molecule has 3 rings (SSSR count). The number of aromatic nitrogens is 1. The molecule has 1 aromatic heterocycles. The van der Waals surface area contributed by atoms with Crippen molar-refractivity contribution in [1.29, 1.82) is 0 Å². The van der Waals surface area contributed by atoms with Crippen LogP contribution in [0.25, 0.3) is 11.1 Å². The summed E-state index contributed by atoms with van der Waals surface area (Å²) < 4.78 is 58.5. The third-order valence-electron chi connectivity index (χ3n) is 5.93. The molecule has 0 saturated carbocycles. The molecule has 0 saturated heterocycles. The lowest BCUT2D eigenvalue weighted by Gasteiger charge is -2.22. The second-order valence-corrected chi connectivity index (χ2v) is 10.6. The molecule has 0 bridgehead atoms. The van der Waals surface area contributed by atoms with Crippen LogP contribution in [0.2, 0.25) is 10.0 Å². The van der Waals surface area contributed by atoms with E-state index in [0.717, 1.165) is 17.3 Å². The maximum Gasteiger partial charge on any atom is 0.422 e. The summed E-state index contributed by atoms with van der Waals surface area (Å²) in [6, 6.07) is 9.09. The number of nitrogens with one attached hydrogen (secondary N) is 1. The van der Waals surface area contributed by atoms with Gasteiger partial charge in [-0.1, -0.05) is 43.1 Å². The van der Waals surface area contributed by atoms with Crippen LogP contribution in [0.1, 0.15) is 41.0 Å². The molecule has 0 spiro atoms. The molecule has 0 unspecified atom stereocenters. The van der Waals surface area contributed by atoms with Gasteiger partial charge in [0.05, 0.1) is 10.6 Å². The number of rotatable bonds is 10. The molecule has 7 nitrogen and oxygen atoms in total. The van der Waals surface area contributed by atoms with Gasteiger partial charge in [0, 0.05) is 47.9 Å². The van der Waals surface area contributed by atoms with Crippen molar-refractivity contribution < 1.29 is 36.7 Å². The molecule has 41 heavy (non-hydrogen) atoms. The number of hydrogen-bond acceptors (Lipinski definition) is 5. The summed E-state index contributed by atoms with van der Waals surface area (Å²) in [4.78, 5) is 41.6. The molecular formula is C28H25Cl2F4N3O4. The molecule has 2 aromatic carbocycles. The lowest BCUT2D eigenvalue weighted by atomic mass is 9.90. The molecule has 1 N–H and O–H groups in total. The number of pyridine rings is 1. The second kappa shape index (κ2) is 12.9. The lowest BCUT2D eigenvalue weighted by molar-refractivity contribution is -0.153. The van der Waals surface area contributed by atoms with Gasteiger partial charge in [0.15, 0.2) is 18.2 Å². The van der Waals surface area contributed by atoms with Gasteiger partial charge in [0.1, 0.15) is 12.1 Å². The predicted octanol–water partition coefficient (Wildman–Crippen LogP) is 6.76. The highest BCUT2D eigenvalue weighted by atomic mass is 35.5. The maximum absolute atomic E-state index is 14.4. The van der Waals surface area contributed by atoms with Crippen LogP contribution in [0.15, 0.2) is 48.7 Å². The van der Waals surface area contributed by atoms with E-state index in [-0.39, 0.29) is 45.5 Å². The number of aldehydes is 1. The number of carbonyl (C=O) groups excluding carboxylic acids is 3. The SMILES string of the molecule is CN(C(=O)c1c(F)cccc1Cl)c1ncc(-c2cc(C(=O)NCC(C)(C)CC=O)ccc2Cl)cc1OCC(F)(F)F. The quantitative estimate of drug-likeness (QED) is 0.202. The van der Waals surface area contributed by atoms with E-state index < -0.39 is 47.1 Å². The fraction of sp³-hybridized carbons (Fsp3) is 0.286. The monoisotopic (exact) mass is 613 g/mol. The van der Waals surface area contributed by atoms with Crippen molar-refractivity contribution in [1.82, 2.24) is 10.3 Å². The molecule has 0 aliphatic rings. The van der Waals surface area contributed by atoms with Crippen LogP contribution in [0.4, 0.5) is 23.4 Å². The topological polar surface area (TPSA) is 88.6 Å². The third kappa shape index (κ3) is 8.17. The zero-order valence-electron chi connectivity index (χ0n) is 22.1. The Morgan fingerprint density at radius 1 is 1.10 bits per heavy atom. The van der Waals surface area contributed by atoms with Crippen LogP contribution in [-0.4, -0.2) is 49.5 Å². The molecule has 218 valence electrons. The summed E-state index contributed by atoms with van der Waals surface area (Å²) in [6.07, 6.45) is -2.51. The van der Waals surface area contributed by atoms with Crippen molar-refractivity contribution in [3.05, 3.63) is 75.7 Å². The Labute approximate surface area is 243 Å². The number of nitrogens with zero attached hydrogens (tertiary/aromatic N) is 2. The smallest absolute Gasteiger partial charge is 0.422 e. The summed E-state index contributed by atoms with van der Waals surface area (Å²) in [7, 11) is 1.18. The fourth-order valence-electron chi connectivity index (χ4n) is 3.68. The van der Waals surface area contributed by atoms with E-state index in [1.165, 1.54) is 49.6 Å². The zero-order valence-corrected chi connectivity index (χ0v) is 23.6. The normalized spacial score (nSPS) is 11.6. The Kier molecular flexibility index (Phi) is 9.98. The van der Waals surface area contributed by atoms with E-state index in [9.17, 15) is 31.9 Å². The molecule has 0 fully saturated rings. The van der Waals surface area contributed by atoms with Gasteiger partial charge < -0.3 is 14.8 Å². The zero-order chi connectivity index (χ0) is 30.5. The Morgan fingerprint density at radius 2 is 1.80 bits per heavy atom. The summed E-state index contributed by atoms with van der Waals surface area (Å²) in [5.74, 6) is -3.17. The minimum absolute atomic E-state index is 0.154. The van der Waals surface area contributed by atoms with Gasteiger partial charge in [-0.3, -0.25) is 14.5 Å². The minimum Gasteiger partial charge on any atom is -0.480 e. The molecule has 2 amide bonds. The molecule has 1 heterocycles. The van der Waals surface area contributed by atoms with Crippen LogP contribution in [0.5, 0.6) is 5.75 Å². The van der Waals surface area contributed by atoms with Crippen molar-refractivity contribution >= 4 is 47.1 Å². The van der Waals surface area contributed by atoms with Gasteiger partial charge in [-0.05, 0) is 41.8 Å². The van der Waals surface area contributed by atoms with Gasteiger partial charge in [0.2, 0.25) is 0 Å². The first-order valence-electron chi connectivity index (χ1n) is 12.1. The van der Waals surface area contributed by atoms with Crippen molar-refractivity contribution in [2.24, 2.45) is 5.41 Å². The van der Waals surface area contributed by atoms with E-state index >= 15 is 0 Å². The van der Waals surface area contributed by atoms with E-state index in [0.29, 0.717) is 0 Å². The summed E-state index contributed by atoms with van der Waals surface area (Å²) >= 11 is 12.3. The van der Waals surface area contributed by atoms with Crippen LogP contribution in [0.3, 0.4) is 0 Å². The van der Waals surface area contributed by atoms with Gasteiger partial charge in [-0.15, -0.1) is 0 Å². The Balaban J connectivity index is 2.00. The van der Waals surface area contributed by atoms with E-state index in [1.54, 1.807) is 0 Å². The van der Waals surface area contributed by atoms with Crippen LogP contribution in [0, 0.1) is 11.2 Å². The van der Waals surface area contributed by atoms with Crippen LogP contribution < -0.4 is 15.0 Å². The molecule has 0 atom stereocenters. The Hall–Kier alpha value is -3.70. The third-order valence-corrected chi connectivity index (χ3v) is 6.57. The molecule has 13 heteroatoms. The van der Waals surface area contributed by atoms with Gasteiger partial charge in [0.25, 0.3) is 11.8 Å². The Morgan fingerprint density at radius 3 is 2.44 bits per heavy atom. The first kappa shape index (κ1) is 31.8. The summed E-state index contributed by atoms with van der Waals surface area (Å²) in [6.45, 7) is 2.13.